The molecule has 194 valence electrons. The first-order chi connectivity index (χ1) is 16.0. The molecule has 1 aliphatic rings. The number of nitrogens with one attached hydrogen (secondary N) is 1. The molecule has 0 amide bonds. The van der Waals surface area contributed by atoms with E-state index < -0.39 is 59.7 Å². The Hall–Kier alpha value is -1.93. The maximum Gasteiger partial charge on any atom is 0.490 e. The maximum absolute atomic E-state index is 12.1. The molecule has 2 aromatic heterocycles. The molecule has 1 aliphatic heterocycles. The molecule has 0 aromatic carbocycles. The van der Waals surface area contributed by atoms with E-state index in [1.807, 2.05) is 0 Å². The Balaban J connectivity index is 1.87. The monoisotopic (exact) mass is 560 g/mol. The Morgan fingerprint density at radius 3 is 2.51 bits per heavy atom. The summed E-state index contributed by atoms with van der Waals surface area (Å²) in [7, 11) is -16.9. The molecule has 35 heavy (non-hydrogen) atoms. The number of aromatic amines is 1. The number of nitrogen functional groups attached to an aromatic ring is 1. The molecule has 1 saturated heterocycles. The summed E-state index contributed by atoms with van der Waals surface area (Å²) in [6.07, 6.45) is -3.85. The van der Waals surface area contributed by atoms with Gasteiger partial charge >= 0.3 is 23.5 Å². The standard InChI is InChI=1S/C14H19N4O14P3/c1-2-4-14(21)9(19)8(6-29-34(25,26)32-35(27,28)31-33(22,23)24)30-12(14)18-5-3-7-10(18)16-13(15)17-11(7)20/h3,5,8-9,12,19,21H,6H2,1H3,(H,25,26)(H,27,28)(H2,22,23,24)(H3,15,16,17,20)/t8?,9-,12+,14?/m0/s1. The second kappa shape index (κ2) is 9.51. The predicted molar refractivity (Wildman–Crippen MR) is 113 cm³/mol. The molecule has 3 heterocycles. The largest absolute Gasteiger partial charge is 0.490 e. The number of nitrogens with zero attached hydrogens (tertiary/aromatic N) is 2. The Morgan fingerprint density at radius 1 is 1.26 bits per heavy atom. The molecule has 4 unspecified atom stereocenters. The van der Waals surface area contributed by atoms with Crippen molar-refractivity contribution in [3.8, 4) is 11.8 Å². The minimum atomic E-state index is -5.77. The number of nitrogens with two attached hydrogens (primary N) is 1. The summed E-state index contributed by atoms with van der Waals surface area (Å²) in [5.74, 6) is 4.47. The van der Waals surface area contributed by atoms with Gasteiger partial charge in [-0.05, 0) is 13.0 Å². The van der Waals surface area contributed by atoms with E-state index in [0.717, 1.165) is 4.57 Å². The number of rotatable bonds is 8. The molecule has 18 nitrogen and oxygen atoms in total. The lowest BCUT2D eigenvalue weighted by atomic mass is 9.94. The van der Waals surface area contributed by atoms with E-state index in [4.69, 9.17) is 20.3 Å². The van der Waals surface area contributed by atoms with Gasteiger partial charge in [-0.15, -0.1) is 5.92 Å². The van der Waals surface area contributed by atoms with Crippen molar-refractivity contribution in [1.29, 1.82) is 0 Å². The van der Waals surface area contributed by atoms with E-state index in [1.165, 1.54) is 19.2 Å². The van der Waals surface area contributed by atoms with E-state index >= 15 is 0 Å². The van der Waals surface area contributed by atoms with E-state index in [2.05, 4.69) is 35.0 Å². The summed E-state index contributed by atoms with van der Waals surface area (Å²) in [4.78, 5) is 54.3. The number of ether oxygens (including phenoxy) is 1. The minimum Gasteiger partial charge on any atom is -0.386 e. The highest BCUT2D eigenvalue weighted by Gasteiger charge is 2.56. The third-order valence-electron chi connectivity index (χ3n) is 4.48. The number of aliphatic hydroxyl groups excluding tert-OH is 1. The molecule has 2 aromatic rings. The van der Waals surface area contributed by atoms with Crippen molar-refractivity contribution in [2.75, 3.05) is 12.3 Å². The fourth-order valence-corrected chi connectivity index (χ4v) is 6.27. The number of phosphoric acid groups is 3. The smallest absolute Gasteiger partial charge is 0.386 e. The van der Waals surface area contributed by atoms with Gasteiger partial charge in [-0.2, -0.15) is 13.6 Å². The van der Waals surface area contributed by atoms with Crippen LogP contribution in [-0.2, 0) is 31.6 Å². The third-order valence-corrected chi connectivity index (χ3v) is 8.28. The molecule has 0 aliphatic carbocycles. The summed E-state index contributed by atoms with van der Waals surface area (Å²) in [6, 6.07) is 1.32. The van der Waals surface area contributed by atoms with Gasteiger partial charge in [-0.1, -0.05) is 5.92 Å². The number of anilines is 1. The number of aliphatic hydroxyl groups is 2. The van der Waals surface area contributed by atoms with Crippen LogP contribution in [-0.4, -0.2) is 68.7 Å². The van der Waals surface area contributed by atoms with Gasteiger partial charge in [-0.3, -0.25) is 14.3 Å². The summed E-state index contributed by atoms with van der Waals surface area (Å²) < 4.78 is 52.5. The van der Waals surface area contributed by atoms with E-state index in [0.29, 0.717) is 0 Å². The topological polar surface area (TPSA) is 286 Å². The van der Waals surface area contributed by atoms with Crippen molar-refractivity contribution in [2.45, 2.75) is 31.0 Å². The minimum absolute atomic E-state index is 0.0424. The van der Waals surface area contributed by atoms with Gasteiger partial charge in [0.15, 0.2) is 17.5 Å². The van der Waals surface area contributed by atoms with Crippen molar-refractivity contribution in [3.63, 3.8) is 0 Å². The zero-order valence-electron chi connectivity index (χ0n) is 17.4. The molecule has 0 saturated carbocycles. The predicted octanol–water partition coefficient (Wildman–Crippen LogP) is -1.34. The first-order valence-electron chi connectivity index (χ1n) is 9.12. The maximum atomic E-state index is 12.1. The molecule has 0 bridgehead atoms. The Kier molecular flexibility index (Phi) is 7.51. The van der Waals surface area contributed by atoms with Crippen molar-refractivity contribution < 1.29 is 61.4 Å². The molecule has 1 fully saturated rings. The second-order valence-electron chi connectivity index (χ2n) is 6.97. The number of fused-ring (bicyclic) bond motifs is 1. The van der Waals surface area contributed by atoms with Crippen LogP contribution in [0.4, 0.5) is 5.95 Å². The quantitative estimate of drug-likeness (QED) is 0.137. The van der Waals surface area contributed by atoms with E-state index in [9.17, 15) is 38.5 Å². The molecule has 3 rings (SSSR count). The average Bonchev–Trinajstić information content (AvgIpc) is 3.17. The fraction of sp³-hybridized carbons (Fsp3) is 0.429. The van der Waals surface area contributed by atoms with Gasteiger partial charge in [0.2, 0.25) is 5.95 Å². The fourth-order valence-electron chi connectivity index (χ4n) is 3.24. The van der Waals surface area contributed by atoms with Gasteiger partial charge in [-0.25, -0.2) is 13.7 Å². The average molecular weight is 560 g/mol. The number of phosphoric ester groups is 1. The Morgan fingerprint density at radius 2 is 1.91 bits per heavy atom. The second-order valence-corrected chi connectivity index (χ2v) is 11.4. The zero-order chi connectivity index (χ0) is 26.4. The lowest BCUT2D eigenvalue weighted by Crippen LogP contribution is -2.46. The number of aromatic nitrogens is 3. The lowest BCUT2D eigenvalue weighted by Gasteiger charge is -2.26. The van der Waals surface area contributed by atoms with Crippen LogP contribution in [0, 0.1) is 11.8 Å². The highest BCUT2D eigenvalue weighted by molar-refractivity contribution is 7.66. The Bertz CT molecular complexity index is 1390. The Labute approximate surface area is 194 Å². The van der Waals surface area contributed by atoms with Gasteiger partial charge in [0.05, 0.1) is 12.0 Å². The number of hydrogen-bond acceptors (Lipinski definition) is 12. The summed E-state index contributed by atoms with van der Waals surface area (Å²) in [5.41, 5.74) is 2.50. The number of H-pyrrole nitrogens is 1. The van der Waals surface area contributed by atoms with Gasteiger partial charge in [0.1, 0.15) is 12.2 Å². The van der Waals surface area contributed by atoms with Crippen LogP contribution in [0.2, 0.25) is 0 Å². The van der Waals surface area contributed by atoms with E-state index in [-0.39, 0.29) is 17.0 Å². The van der Waals surface area contributed by atoms with E-state index in [1.54, 1.807) is 0 Å². The normalized spacial score (nSPS) is 28.3. The first-order valence-corrected chi connectivity index (χ1v) is 13.6. The number of hydrogen-bond donors (Lipinski definition) is 8. The summed E-state index contributed by atoms with van der Waals surface area (Å²) in [6.45, 7) is 0.264. The first kappa shape index (κ1) is 27.7. The lowest BCUT2D eigenvalue weighted by molar-refractivity contribution is -0.0716. The SMILES string of the molecule is CC#CC1(O)[C@@H](O)C(COP(=O)(O)OP(=O)(O)OP(=O)(O)O)O[C@H]1n1ccc2c(=O)[nH]c(N)nc21. The van der Waals surface area contributed by atoms with Gasteiger partial charge in [0.25, 0.3) is 5.56 Å². The molecule has 0 radical (unpaired) electrons. The van der Waals surface area contributed by atoms with Crippen LogP contribution in [0.5, 0.6) is 0 Å². The van der Waals surface area contributed by atoms with Crippen molar-refractivity contribution in [1.82, 2.24) is 14.5 Å². The van der Waals surface area contributed by atoms with Crippen LogP contribution in [0.15, 0.2) is 17.1 Å². The molecular weight excluding hydrogens is 541 g/mol. The molecule has 9 N–H and O–H groups in total. The zero-order valence-corrected chi connectivity index (χ0v) is 20.0. The van der Waals surface area contributed by atoms with Crippen LogP contribution in [0.3, 0.4) is 0 Å². The van der Waals surface area contributed by atoms with Crippen molar-refractivity contribution in [2.24, 2.45) is 0 Å². The summed E-state index contributed by atoms with van der Waals surface area (Å²) in [5, 5.41) is 21.8. The van der Waals surface area contributed by atoms with Gasteiger partial charge < -0.3 is 44.8 Å². The van der Waals surface area contributed by atoms with Crippen LogP contribution in [0.25, 0.3) is 11.0 Å². The molecule has 21 heteroatoms. The molecule has 0 spiro atoms. The highest BCUT2D eigenvalue weighted by atomic mass is 31.3. The van der Waals surface area contributed by atoms with Crippen molar-refractivity contribution >= 4 is 40.4 Å². The molecular formula is C14H19N4O14P3. The van der Waals surface area contributed by atoms with Crippen LogP contribution in [0.1, 0.15) is 13.2 Å². The van der Waals surface area contributed by atoms with Crippen LogP contribution >= 0.6 is 23.5 Å². The van der Waals surface area contributed by atoms with Gasteiger partial charge in [0, 0.05) is 6.20 Å². The molecule has 6 atom stereocenters. The van der Waals surface area contributed by atoms with Crippen LogP contribution < -0.4 is 11.3 Å². The third kappa shape index (κ3) is 6.08. The van der Waals surface area contributed by atoms with Crippen molar-refractivity contribution in [3.05, 3.63) is 22.6 Å². The summed E-state index contributed by atoms with van der Waals surface area (Å²) >= 11 is 0. The highest BCUT2D eigenvalue weighted by Crippen LogP contribution is 2.66.